The zero-order valence-electron chi connectivity index (χ0n) is 16.2. The molecule has 150 valence electrons. The van der Waals surface area contributed by atoms with E-state index >= 15 is 0 Å². The predicted molar refractivity (Wildman–Crippen MR) is 108 cm³/mol. The second-order valence-electron chi connectivity index (χ2n) is 7.46. The van der Waals surface area contributed by atoms with E-state index < -0.39 is 10.0 Å². The Hall–Kier alpha value is -2.25. The van der Waals surface area contributed by atoms with Gasteiger partial charge >= 0.3 is 0 Å². The zero-order valence-corrected chi connectivity index (χ0v) is 17.0. The van der Waals surface area contributed by atoms with Gasteiger partial charge in [0, 0.05) is 30.5 Å². The number of carbonyl (C=O) groups is 1. The Morgan fingerprint density at radius 3 is 2.50 bits per heavy atom. The van der Waals surface area contributed by atoms with E-state index in [1.54, 1.807) is 18.5 Å². The molecule has 7 heteroatoms. The maximum Gasteiger partial charge on any atom is 0.254 e. The Balaban J connectivity index is 1.98. The van der Waals surface area contributed by atoms with Gasteiger partial charge in [0.25, 0.3) is 5.91 Å². The molecule has 0 spiro atoms. The number of aromatic nitrogens is 1. The molecule has 1 saturated carbocycles. The van der Waals surface area contributed by atoms with Gasteiger partial charge in [-0.15, -0.1) is 0 Å². The number of amides is 1. The van der Waals surface area contributed by atoms with Gasteiger partial charge in [-0.25, -0.2) is 13.6 Å². The molecular formula is C21H27N3O3S. The molecule has 1 aromatic heterocycles. The summed E-state index contributed by atoms with van der Waals surface area (Å²) < 4.78 is 23.5. The molecule has 1 heterocycles. The van der Waals surface area contributed by atoms with Gasteiger partial charge in [0.15, 0.2) is 0 Å². The van der Waals surface area contributed by atoms with Crippen molar-refractivity contribution in [1.82, 2.24) is 9.88 Å². The van der Waals surface area contributed by atoms with Crippen molar-refractivity contribution in [2.24, 2.45) is 5.14 Å². The summed E-state index contributed by atoms with van der Waals surface area (Å²) in [5.41, 5.74) is 2.09. The third-order valence-corrected chi connectivity index (χ3v) is 6.28. The smallest absolute Gasteiger partial charge is 0.254 e. The van der Waals surface area contributed by atoms with Crippen molar-refractivity contribution in [3.05, 3.63) is 59.4 Å². The van der Waals surface area contributed by atoms with Crippen molar-refractivity contribution in [2.45, 2.75) is 62.9 Å². The first kappa shape index (κ1) is 20.5. The van der Waals surface area contributed by atoms with Crippen molar-refractivity contribution in [3.8, 4) is 0 Å². The fourth-order valence-electron chi connectivity index (χ4n) is 3.79. The second-order valence-corrected chi connectivity index (χ2v) is 9.02. The molecule has 2 aromatic rings. The highest BCUT2D eigenvalue weighted by Crippen LogP contribution is 2.26. The molecular weight excluding hydrogens is 374 g/mol. The van der Waals surface area contributed by atoms with Crippen LogP contribution in [0.15, 0.2) is 47.6 Å². The summed E-state index contributed by atoms with van der Waals surface area (Å²) >= 11 is 0. The van der Waals surface area contributed by atoms with Crippen LogP contribution in [0.25, 0.3) is 0 Å². The third kappa shape index (κ3) is 4.97. The highest BCUT2D eigenvalue weighted by atomic mass is 32.2. The molecule has 0 radical (unpaired) electrons. The third-order valence-electron chi connectivity index (χ3n) is 5.37. The Kier molecular flexibility index (Phi) is 6.46. The van der Waals surface area contributed by atoms with E-state index in [9.17, 15) is 13.2 Å². The minimum absolute atomic E-state index is 0.0383. The molecule has 28 heavy (non-hydrogen) atoms. The summed E-state index contributed by atoms with van der Waals surface area (Å²) in [6.45, 7) is 2.27. The molecule has 1 aromatic carbocycles. The number of carbonyl (C=O) groups excluding carboxylic acids is 1. The normalized spacial score (nSPS) is 15.8. The molecule has 0 bridgehead atoms. The molecule has 2 N–H and O–H groups in total. The maximum absolute atomic E-state index is 13.5. The van der Waals surface area contributed by atoms with Crippen LogP contribution in [0, 0.1) is 6.92 Å². The van der Waals surface area contributed by atoms with E-state index in [4.69, 9.17) is 5.14 Å². The van der Waals surface area contributed by atoms with Gasteiger partial charge in [0.1, 0.15) is 0 Å². The first-order valence-electron chi connectivity index (χ1n) is 9.69. The van der Waals surface area contributed by atoms with E-state index in [2.05, 4.69) is 4.98 Å². The van der Waals surface area contributed by atoms with Crippen molar-refractivity contribution in [3.63, 3.8) is 0 Å². The highest BCUT2D eigenvalue weighted by Gasteiger charge is 2.27. The summed E-state index contributed by atoms with van der Waals surface area (Å²) in [4.78, 5) is 19.5. The van der Waals surface area contributed by atoms with Crippen molar-refractivity contribution >= 4 is 15.9 Å². The number of hydrogen-bond acceptors (Lipinski definition) is 4. The molecule has 0 aliphatic heterocycles. The predicted octanol–water partition coefficient (Wildman–Crippen LogP) is 3.40. The quantitative estimate of drug-likeness (QED) is 0.777. The molecule has 1 amide bonds. The molecule has 1 aliphatic rings. The van der Waals surface area contributed by atoms with Gasteiger partial charge in [-0.1, -0.05) is 37.8 Å². The van der Waals surface area contributed by atoms with Crippen LogP contribution in [0.4, 0.5) is 0 Å². The number of aryl methyl sites for hydroxylation is 1. The van der Waals surface area contributed by atoms with Gasteiger partial charge in [0.05, 0.1) is 4.90 Å². The van der Waals surface area contributed by atoms with Crippen LogP contribution < -0.4 is 5.14 Å². The number of nitrogens with two attached hydrogens (primary N) is 1. The van der Waals surface area contributed by atoms with Crippen molar-refractivity contribution in [1.29, 1.82) is 0 Å². The number of rotatable bonds is 5. The van der Waals surface area contributed by atoms with Crippen LogP contribution in [0.2, 0.25) is 0 Å². The lowest BCUT2D eigenvalue weighted by atomic mass is 10.0. The first-order valence-corrected chi connectivity index (χ1v) is 11.2. The fraction of sp³-hybridized carbons (Fsp3) is 0.429. The number of benzene rings is 1. The monoisotopic (exact) mass is 401 g/mol. The van der Waals surface area contributed by atoms with Crippen LogP contribution in [0.3, 0.4) is 0 Å². The number of primary sulfonamides is 1. The average molecular weight is 402 g/mol. The Bertz CT molecular complexity index is 921. The first-order chi connectivity index (χ1) is 13.4. The summed E-state index contributed by atoms with van der Waals surface area (Å²) in [6.07, 6.45) is 9.96. The topological polar surface area (TPSA) is 93.4 Å². The number of sulfonamides is 1. The van der Waals surface area contributed by atoms with E-state index in [-0.39, 0.29) is 16.8 Å². The number of pyridine rings is 1. The number of nitrogens with zero attached hydrogens (tertiary/aromatic N) is 2. The highest BCUT2D eigenvalue weighted by molar-refractivity contribution is 7.89. The van der Waals surface area contributed by atoms with Crippen LogP contribution in [-0.4, -0.2) is 30.3 Å². The second kappa shape index (κ2) is 8.84. The largest absolute Gasteiger partial charge is 0.331 e. The van der Waals surface area contributed by atoms with Gasteiger partial charge in [-0.05, 0) is 49.1 Å². The summed E-state index contributed by atoms with van der Waals surface area (Å²) in [5, 5.41) is 5.28. The molecule has 0 atom stereocenters. The molecule has 6 nitrogen and oxygen atoms in total. The van der Waals surface area contributed by atoms with Crippen molar-refractivity contribution < 1.29 is 13.2 Å². The van der Waals surface area contributed by atoms with Gasteiger partial charge in [0.2, 0.25) is 10.0 Å². The molecule has 3 rings (SSSR count). The van der Waals surface area contributed by atoms with Gasteiger partial charge in [-0.2, -0.15) is 0 Å². The minimum atomic E-state index is -3.87. The van der Waals surface area contributed by atoms with E-state index in [0.29, 0.717) is 12.1 Å². The lowest BCUT2D eigenvalue weighted by Gasteiger charge is -2.32. The fourth-order valence-corrected chi connectivity index (χ4v) is 4.33. The molecule has 0 saturated heterocycles. The Morgan fingerprint density at radius 1 is 1.18 bits per heavy atom. The Labute approximate surface area is 166 Å². The standard InChI is InChI=1S/C21H27N3O3S/c1-16-10-11-19(28(22,26)27)13-20(16)21(25)24(15-17-7-6-12-23-14-17)18-8-4-2-3-5-9-18/h6-7,10-14,18H,2-5,8-9,15H2,1H3,(H2,22,26,27). The van der Waals surface area contributed by atoms with Crippen LogP contribution in [-0.2, 0) is 16.6 Å². The van der Waals surface area contributed by atoms with Crippen LogP contribution >= 0.6 is 0 Å². The zero-order chi connectivity index (χ0) is 20.1. The van der Waals surface area contributed by atoms with E-state index in [0.717, 1.165) is 36.8 Å². The molecule has 1 fully saturated rings. The summed E-state index contributed by atoms with van der Waals surface area (Å²) in [7, 11) is -3.87. The SMILES string of the molecule is Cc1ccc(S(N)(=O)=O)cc1C(=O)N(Cc1cccnc1)C1CCCCCC1. The molecule has 0 unspecified atom stereocenters. The minimum Gasteiger partial charge on any atom is -0.331 e. The summed E-state index contributed by atoms with van der Waals surface area (Å²) in [6, 6.07) is 8.43. The average Bonchev–Trinajstić information content (AvgIpc) is 2.95. The van der Waals surface area contributed by atoms with E-state index in [1.165, 1.54) is 25.0 Å². The Morgan fingerprint density at radius 2 is 1.89 bits per heavy atom. The lowest BCUT2D eigenvalue weighted by Crippen LogP contribution is -2.40. The lowest BCUT2D eigenvalue weighted by molar-refractivity contribution is 0.0640. The van der Waals surface area contributed by atoms with Crippen LogP contribution in [0.5, 0.6) is 0 Å². The van der Waals surface area contributed by atoms with Gasteiger partial charge < -0.3 is 4.90 Å². The molecule has 1 aliphatic carbocycles. The van der Waals surface area contributed by atoms with Crippen molar-refractivity contribution in [2.75, 3.05) is 0 Å². The van der Waals surface area contributed by atoms with Gasteiger partial charge in [-0.3, -0.25) is 9.78 Å². The van der Waals surface area contributed by atoms with E-state index in [1.807, 2.05) is 24.0 Å². The maximum atomic E-state index is 13.5. The summed E-state index contributed by atoms with van der Waals surface area (Å²) in [5.74, 6) is -0.154. The van der Waals surface area contributed by atoms with Crippen LogP contribution in [0.1, 0.15) is 60.0 Å². The number of hydrogen-bond donors (Lipinski definition) is 1.